The van der Waals surface area contributed by atoms with Gasteiger partial charge in [0.25, 0.3) is 0 Å². The Morgan fingerprint density at radius 2 is 2.11 bits per heavy atom. The Kier molecular flexibility index (Phi) is 6.36. The molecule has 0 amide bonds. The fourth-order valence-electron chi connectivity index (χ4n) is 3.12. The summed E-state index contributed by atoms with van der Waals surface area (Å²) in [6.07, 6.45) is 4.86. The second-order valence-electron chi connectivity index (χ2n) is 6.56. The normalized spacial score (nSPS) is 16.5. The predicted molar refractivity (Wildman–Crippen MR) is 105 cm³/mol. The maximum atomic E-state index is 13.5. The van der Waals surface area contributed by atoms with Crippen molar-refractivity contribution in [2.24, 2.45) is 11.1 Å². The molecule has 0 aliphatic carbocycles. The summed E-state index contributed by atoms with van der Waals surface area (Å²) in [7, 11) is 1.70. The number of methoxy groups -OCH3 is 1. The number of hydrogen-bond acceptors (Lipinski definition) is 8. The van der Waals surface area contributed by atoms with E-state index in [9.17, 15) is 4.39 Å². The second kappa shape index (κ2) is 8.55. The molecule has 0 unspecified atom stereocenters. The molecule has 1 saturated heterocycles. The third-order valence-corrected chi connectivity index (χ3v) is 6.34. The zero-order valence-corrected chi connectivity index (χ0v) is 16.6. The summed E-state index contributed by atoms with van der Waals surface area (Å²) in [5.74, 6) is 0.266. The molecule has 0 spiro atoms. The van der Waals surface area contributed by atoms with Crippen LogP contribution < -0.4 is 16.4 Å². The fourth-order valence-corrected chi connectivity index (χ4v) is 4.12. The molecule has 0 saturated carbocycles. The Hall–Kier alpha value is -1.68. The van der Waals surface area contributed by atoms with E-state index in [2.05, 4.69) is 19.9 Å². The molecule has 1 fully saturated rings. The molecule has 27 heavy (non-hydrogen) atoms. The number of piperidine rings is 1. The van der Waals surface area contributed by atoms with E-state index in [0.717, 1.165) is 37.7 Å². The van der Waals surface area contributed by atoms with Crippen molar-refractivity contribution in [3.63, 3.8) is 0 Å². The highest BCUT2D eigenvalue weighted by molar-refractivity contribution is 7.99. The molecule has 2 aromatic rings. The summed E-state index contributed by atoms with van der Waals surface area (Å²) in [6, 6.07) is 1.61. The first-order chi connectivity index (χ1) is 13.0. The van der Waals surface area contributed by atoms with Gasteiger partial charge in [-0.3, -0.25) is 0 Å². The van der Waals surface area contributed by atoms with E-state index >= 15 is 0 Å². The lowest BCUT2D eigenvalue weighted by Gasteiger charge is -2.41. The minimum Gasteiger partial charge on any atom is -0.384 e. The number of aromatic nitrogens is 3. The molecule has 2 aromatic heterocycles. The van der Waals surface area contributed by atoms with Crippen molar-refractivity contribution >= 4 is 35.0 Å². The lowest BCUT2D eigenvalue weighted by molar-refractivity contribution is 0.0653. The minimum absolute atomic E-state index is 0.0161. The van der Waals surface area contributed by atoms with Gasteiger partial charge in [0.1, 0.15) is 15.9 Å². The third-order valence-electron chi connectivity index (χ3n) is 4.80. The van der Waals surface area contributed by atoms with E-state index in [1.165, 1.54) is 6.20 Å². The Labute approximate surface area is 166 Å². The van der Waals surface area contributed by atoms with Crippen molar-refractivity contribution in [3.8, 4) is 0 Å². The van der Waals surface area contributed by atoms with Gasteiger partial charge in [-0.05, 0) is 18.9 Å². The molecule has 0 radical (unpaired) electrons. The third kappa shape index (κ3) is 4.43. The number of anilines is 2. The van der Waals surface area contributed by atoms with Crippen molar-refractivity contribution < 1.29 is 9.13 Å². The lowest BCUT2D eigenvalue weighted by Crippen LogP contribution is -2.46. The number of nitrogens with two attached hydrogens (primary N) is 2. The summed E-state index contributed by atoms with van der Waals surface area (Å²) in [6.45, 7) is 2.87. The molecule has 1 aliphatic rings. The molecule has 3 heterocycles. The summed E-state index contributed by atoms with van der Waals surface area (Å²) < 4.78 is 18.8. The fraction of sp³-hybridized carbons (Fsp3) is 0.471. The highest BCUT2D eigenvalue weighted by atomic mass is 35.5. The molecular weight excluding hydrogens is 391 g/mol. The van der Waals surface area contributed by atoms with Crippen LogP contribution in [-0.2, 0) is 4.74 Å². The Morgan fingerprint density at radius 3 is 2.74 bits per heavy atom. The summed E-state index contributed by atoms with van der Waals surface area (Å²) in [5, 5.41) is 0.416. The number of pyridine rings is 1. The van der Waals surface area contributed by atoms with Crippen LogP contribution in [0.15, 0.2) is 28.4 Å². The van der Waals surface area contributed by atoms with Crippen molar-refractivity contribution in [1.29, 1.82) is 0 Å². The van der Waals surface area contributed by atoms with Gasteiger partial charge in [0, 0.05) is 43.3 Å². The van der Waals surface area contributed by atoms with Crippen LogP contribution in [0, 0.1) is 11.4 Å². The predicted octanol–water partition coefficient (Wildman–Crippen LogP) is 2.59. The molecule has 1 aliphatic heterocycles. The average Bonchev–Trinajstić information content (AvgIpc) is 2.67. The number of halogens is 2. The number of hydrogen-bond donors (Lipinski definition) is 2. The van der Waals surface area contributed by atoms with Gasteiger partial charge in [-0.1, -0.05) is 23.4 Å². The maximum Gasteiger partial charge on any atom is 0.232 e. The smallest absolute Gasteiger partial charge is 0.232 e. The van der Waals surface area contributed by atoms with Gasteiger partial charge in [-0.15, -0.1) is 0 Å². The molecule has 0 bridgehead atoms. The molecule has 10 heteroatoms. The van der Waals surface area contributed by atoms with Gasteiger partial charge in [-0.2, -0.15) is 4.39 Å². The number of nitrogen functional groups attached to an aromatic ring is 1. The zero-order valence-electron chi connectivity index (χ0n) is 15.0. The Bertz CT molecular complexity index is 803. The number of ether oxygens (including phenoxy) is 1. The first-order valence-corrected chi connectivity index (χ1v) is 9.72. The van der Waals surface area contributed by atoms with E-state index < -0.39 is 5.95 Å². The Morgan fingerprint density at radius 1 is 1.37 bits per heavy atom. The standard InChI is InChI=1S/C17H22ClFN6OS/c1-26-10-17(9-20)3-6-25(7-4-17)12-8-23-16(15(21)24-12)27-11-2-5-22-14(19)13(11)18/h2,5,8H,3-4,6-7,9-10,20H2,1H3,(H2,21,24). The molecule has 0 atom stereocenters. The van der Waals surface area contributed by atoms with Crippen molar-refractivity contribution in [1.82, 2.24) is 15.0 Å². The summed E-state index contributed by atoms with van der Waals surface area (Å²) >= 11 is 7.10. The van der Waals surface area contributed by atoms with Crippen molar-refractivity contribution in [3.05, 3.63) is 29.4 Å². The molecule has 0 aromatic carbocycles. The highest BCUT2D eigenvalue weighted by Gasteiger charge is 2.34. The zero-order chi connectivity index (χ0) is 19.4. The van der Waals surface area contributed by atoms with Crippen molar-refractivity contribution in [2.45, 2.75) is 22.8 Å². The van der Waals surface area contributed by atoms with Crippen LogP contribution in [0.25, 0.3) is 0 Å². The molecular formula is C17H22ClFN6OS. The van der Waals surface area contributed by atoms with Gasteiger partial charge >= 0.3 is 0 Å². The van der Waals surface area contributed by atoms with E-state index in [1.807, 2.05) is 0 Å². The quantitative estimate of drug-likeness (QED) is 0.698. The van der Waals surface area contributed by atoms with Gasteiger partial charge in [0.15, 0.2) is 5.82 Å². The van der Waals surface area contributed by atoms with Crippen LogP contribution in [0.1, 0.15) is 12.8 Å². The highest BCUT2D eigenvalue weighted by Crippen LogP contribution is 2.36. The van der Waals surface area contributed by atoms with Crippen LogP contribution in [0.2, 0.25) is 5.02 Å². The van der Waals surface area contributed by atoms with Gasteiger partial charge in [0.2, 0.25) is 5.95 Å². The minimum atomic E-state index is -0.724. The Balaban J connectivity index is 1.71. The SMILES string of the molecule is COCC1(CN)CCN(c2cnc(Sc3ccnc(F)c3Cl)c(N)n2)CC1. The largest absolute Gasteiger partial charge is 0.384 e. The maximum absolute atomic E-state index is 13.5. The van der Waals surface area contributed by atoms with Crippen LogP contribution in [0.3, 0.4) is 0 Å². The summed E-state index contributed by atoms with van der Waals surface area (Å²) in [4.78, 5) is 15.0. The first kappa shape index (κ1) is 20.1. The van der Waals surface area contributed by atoms with Crippen molar-refractivity contribution in [2.75, 3.05) is 44.0 Å². The lowest BCUT2D eigenvalue weighted by atomic mass is 9.79. The topological polar surface area (TPSA) is 103 Å². The van der Waals surface area contributed by atoms with Gasteiger partial charge < -0.3 is 21.1 Å². The van der Waals surface area contributed by atoms with Crippen LogP contribution in [-0.4, -0.2) is 48.3 Å². The molecule has 7 nitrogen and oxygen atoms in total. The number of rotatable bonds is 6. The first-order valence-electron chi connectivity index (χ1n) is 8.52. The van der Waals surface area contributed by atoms with E-state index in [1.54, 1.807) is 19.4 Å². The molecule has 146 valence electrons. The van der Waals surface area contributed by atoms with Gasteiger partial charge in [-0.25, -0.2) is 15.0 Å². The van der Waals surface area contributed by atoms with Gasteiger partial charge in [0.05, 0.1) is 12.8 Å². The monoisotopic (exact) mass is 412 g/mol. The number of nitrogens with zero attached hydrogens (tertiary/aromatic N) is 4. The molecule has 4 N–H and O–H groups in total. The second-order valence-corrected chi connectivity index (χ2v) is 7.97. The van der Waals surface area contributed by atoms with Crippen LogP contribution in [0.4, 0.5) is 16.0 Å². The summed E-state index contributed by atoms with van der Waals surface area (Å²) in [5.41, 5.74) is 12.1. The van der Waals surface area contributed by atoms with Crippen LogP contribution in [0.5, 0.6) is 0 Å². The van der Waals surface area contributed by atoms with E-state index in [4.69, 9.17) is 27.8 Å². The molecule has 3 rings (SSSR count). The van der Waals surface area contributed by atoms with E-state index in [-0.39, 0.29) is 16.3 Å². The van der Waals surface area contributed by atoms with E-state index in [0.29, 0.717) is 28.9 Å². The average molecular weight is 413 g/mol. The van der Waals surface area contributed by atoms with Crippen LogP contribution >= 0.6 is 23.4 Å².